The summed E-state index contributed by atoms with van der Waals surface area (Å²) in [6.07, 6.45) is 1.73. The third-order valence-corrected chi connectivity index (χ3v) is 3.75. The predicted octanol–water partition coefficient (Wildman–Crippen LogP) is 2.71. The molecule has 0 bridgehead atoms. The summed E-state index contributed by atoms with van der Waals surface area (Å²) < 4.78 is 5.25. The van der Waals surface area contributed by atoms with E-state index in [-0.39, 0.29) is 11.9 Å². The fourth-order valence-electron chi connectivity index (χ4n) is 2.47. The number of cyclic esters (lactones) is 1. The lowest BCUT2D eigenvalue weighted by molar-refractivity contribution is -0.131. The van der Waals surface area contributed by atoms with Crippen LogP contribution in [0.25, 0.3) is 0 Å². The lowest BCUT2D eigenvalue weighted by Gasteiger charge is -2.25. The molecule has 0 fully saturated rings. The van der Waals surface area contributed by atoms with Crippen molar-refractivity contribution < 1.29 is 14.3 Å². The molecule has 2 rings (SSSR count). The Balaban J connectivity index is 1.94. The molecule has 4 nitrogen and oxygen atoms in total. The van der Waals surface area contributed by atoms with Gasteiger partial charge in [0.1, 0.15) is 0 Å². The van der Waals surface area contributed by atoms with E-state index in [0.29, 0.717) is 17.9 Å². The van der Waals surface area contributed by atoms with Gasteiger partial charge in [0.05, 0.1) is 5.56 Å². The van der Waals surface area contributed by atoms with Crippen LogP contribution >= 0.6 is 0 Å². The highest BCUT2D eigenvalue weighted by Gasteiger charge is 2.31. The predicted molar refractivity (Wildman–Crippen MR) is 81.0 cm³/mol. The number of ether oxygens (including phenoxy) is 1. The molecule has 0 saturated heterocycles. The minimum Gasteiger partial charge on any atom is -0.448 e. The highest BCUT2D eigenvalue weighted by molar-refractivity contribution is 5.95. The van der Waals surface area contributed by atoms with Crippen LogP contribution in [0.2, 0.25) is 0 Å². The molecule has 1 aliphatic rings. The number of benzene rings is 1. The molecule has 0 spiro atoms. The maximum atomic E-state index is 12.2. The largest absolute Gasteiger partial charge is 0.448 e. The fourth-order valence-corrected chi connectivity index (χ4v) is 2.47. The molecule has 21 heavy (non-hydrogen) atoms. The summed E-state index contributed by atoms with van der Waals surface area (Å²) in [6.45, 7) is 6.31. The molecule has 1 aliphatic heterocycles. The highest BCUT2D eigenvalue weighted by Crippen LogP contribution is 2.20. The Morgan fingerprint density at radius 3 is 2.71 bits per heavy atom. The standard InChI is InChI=1S/C17H23NO3/c1-11(2)8-9-12(3)18-16(19)15-10-13-6-4-5-7-14(13)17(20)21-15/h4-7,11-12,15H,8-10H2,1-3H3,(H,18,19)/t12-,15+/m1/s1. The molecule has 1 heterocycles. The normalized spacial score (nSPS) is 18.9. The van der Waals surface area contributed by atoms with Crippen LogP contribution in [0.1, 0.15) is 49.5 Å². The Labute approximate surface area is 125 Å². The minimum absolute atomic E-state index is 0.0933. The first-order valence-corrected chi connectivity index (χ1v) is 7.56. The van der Waals surface area contributed by atoms with Crippen molar-refractivity contribution in [3.63, 3.8) is 0 Å². The number of amides is 1. The maximum absolute atomic E-state index is 12.2. The van der Waals surface area contributed by atoms with Gasteiger partial charge in [0.15, 0.2) is 6.10 Å². The van der Waals surface area contributed by atoms with Crippen LogP contribution in [0.15, 0.2) is 24.3 Å². The van der Waals surface area contributed by atoms with Crippen molar-refractivity contribution in [3.8, 4) is 0 Å². The number of carbonyl (C=O) groups excluding carboxylic acids is 2. The summed E-state index contributed by atoms with van der Waals surface area (Å²) in [7, 11) is 0. The second kappa shape index (κ2) is 6.74. The van der Waals surface area contributed by atoms with Crippen molar-refractivity contribution >= 4 is 11.9 Å². The van der Waals surface area contributed by atoms with Gasteiger partial charge in [-0.05, 0) is 37.3 Å². The molecule has 0 radical (unpaired) electrons. The van der Waals surface area contributed by atoms with E-state index in [1.807, 2.05) is 19.1 Å². The molecule has 2 atom stereocenters. The minimum atomic E-state index is -0.714. The van der Waals surface area contributed by atoms with Gasteiger partial charge in [-0.2, -0.15) is 0 Å². The van der Waals surface area contributed by atoms with Crippen molar-refractivity contribution in [2.45, 2.75) is 52.2 Å². The monoisotopic (exact) mass is 289 g/mol. The summed E-state index contributed by atoms with van der Waals surface area (Å²) in [5.74, 6) is 0.00433. The van der Waals surface area contributed by atoms with Crippen LogP contribution in [0, 0.1) is 5.92 Å². The van der Waals surface area contributed by atoms with Gasteiger partial charge in [0.2, 0.25) is 0 Å². The van der Waals surface area contributed by atoms with Crippen molar-refractivity contribution in [3.05, 3.63) is 35.4 Å². The van der Waals surface area contributed by atoms with Crippen LogP contribution in [-0.2, 0) is 16.0 Å². The third kappa shape index (κ3) is 4.06. The fraction of sp³-hybridized carbons (Fsp3) is 0.529. The molecule has 1 aromatic rings. The van der Waals surface area contributed by atoms with E-state index in [2.05, 4.69) is 19.2 Å². The highest BCUT2D eigenvalue weighted by atomic mass is 16.5. The number of rotatable bonds is 5. The number of fused-ring (bicyclic) bond motifs is 1. The molecule has 1 aromatic carbocycles. The average Bonchev–Trinajstić information content (AvgIpc) is 2.45. The summed E-state index contributed by atoms with van der Waals surface area (Å²) in [6, 6.07) is 7.37. The van der Waals surface area contributed by atoms with E-state index in [1.54, 1.807) is 12.1 Å². The van der Waals surface area contributed by atoms with Crippen molar-refractivity contribution in [1.29, 1.82) is 0 Å². The van der Waals surface area contributed by atoms with E-state index in [4.69, 9.17) is 4.74 Å². The zero-order valence-electron chi connectivity index (χ0n) is 12.9. The number of esters is 1. The molecule has 0 aromatic heterocycles. The van der Waals surface area contributed by atoms with Gasteiger partial charge >= 0.3 is 5.97 Å². The Morgan fingerprint density at radius 2 is 2.00 bits per heavy atom. The molecule has 0 aliphatic carbocycles. The lowest BCUT2D eigenvalue weighted by Crippen LogP contribution is -2.45. The van der Waals surface area contributed by atoms with Crippen LogP contribution in [0.5, 0.6) is 0 Å². The van der Waals surface area contributed by atoms with Gasteiger partial charge in [-0.3, -0.25) is 4.79 Å². The van der Waals surface area contributed by atoms with E-state index < -0.39 is 12.1 Å². The van der Waals surface area contributed by atoms with Gasteiger partial charge in [-0.15, -0.1) is 0 Å². The molecule has 4 heteroatoms. The van der Waals surface area contributed by atoms with Crippen molar-refractivity contribution in [2.75, 3.05) is 0 Å². The van der Waals surface area contributed by atoms with Crippen molar-refractivity contribution in [1.82, 2.24) is 5.32 Å². The van der Waals surface area contributed by atoms with Gasteiger partial charge in [0.25, 0.3) is 5.91 Å². The van der Waals surface area contributed by atoms with E-state index >= 15 is 0 Å². The Bertz CT molecular complexity index is 525. The van der Waals surface area contributed by atoms with Crippen LogP contribution in [-0.4, -0.2) is 24.0 Å². The quantitative estimate of drug-likeness (QED) is 0.848. The summed E-state index contributed by atoms with van der Waals surface area (Å²) >= 11 is 0. The zero-order valence-corrected chi connectivity index (χ0v) is 12.9. The zero-order chi connectivity index (χ0) is 15.4. The maximum Gasteiger partial charge on any atom is 0.339 e. The smallest absolute Gasteiger partial charge is 0.339 e. The Morgan fingerprint density at radius 1 is 1.29 bits per heavy atom. The van der Waals surface area contributed by atoms with Crippen LogP contribution in [0.3, 0.4) is 0 Å². The van der Waals surface area contributed by atoms with Crippen LogP contribution < -0.4 is 5.32 Å². The number of hydrogen-bond donors (Lipinski definition) is 1. The summed E-state index contributed by atoms with van der Waals surface area (Å²) in [4.78, 5) is 24.1. The Hall–Kier alpha value is -1.84. The molecule has 0 saturated carbocycles. The summed E-state index contributed by atoms with van der Waals surface area (Å²) in [5, 5.41) is 2.94. The lowest BCUT2D eigenvalue weighted by atomic mass is 9.98. The van der Waals surface area contributed by atoms with E-state index in [0.717, 1.165) is 18.4 Å². The first-order chi connectivity index (χ1) is 9.97. The molecular formula is C17H23NO3. The molecule has 114 valence electrons. The summed E-state index contributed by atoms with van der Waals surface area (Å²) in [5.41, 5.74) is 1.44. The molecule has 1 N–H and O–H groups in total. The van der Waals surface area contributed by atoms with Gasteiger partial charge in [-0.1, -0.05) is 32.0 Å². The second-order valence-electron chi connectivity index (χ2n) is 6.14. The third-order valence-electron chi connectivity index (χ3n) is 3.75. The first kappa shape index (κ1) is 15.5. The van der Waals surface area contributed by atoms with Gasteiger partial charge in [0, 0.05) is 12.5 Å². The first-order valence-electron chi connectivity index (χ1n) is 7.56. The number of hydrogen-bond acceptors (Lipinski definition) is 3. The molecule has 1 amide bonds. The second-order valence-corrected chi connectivity index (χ2v) is 6.14. The molecular weight excluding hydrogens is 266 g/mol. The number of nitrogens with one attached hydrogen (secondary N) is 1. The molecule has 0 unspecified atom stereocenters. The number of carbonyl (C=O) groups is 2. The van der Waals surface area contributed by atoms with Gasteiger partial charge < -0.3 is 10.1 Å². The van der Waals surface area contributed by atoms with Gasteiger partial charge in [-0.25, -0.2) is 4.79 Å². The van der Waals surface area contributed by atoms with E-state index in [9.17, 15) is 9.59 Å². The van der Waals surface area contributed by atoms with Crippen LogP contribution in [0.4, 0.5) is 0 Å². The van der Waals surface area contributed by atoms with E-state index in [1.165, 1.54) is 0 Å². The topological polar surface area (TPSA) is 55.4 Å². The van der Waals surface area contributed by atoms with Crippen molar-refractivity contribution in [2.24, 2.45) is 5.92 Å². The average molecular weight is 289 g/mol. The SMILES string of the molecule is CC(C)CC[C@@H](C)NC(=O)[C@@H]1Cc2ccccc2C(=O)O1. The Kier molecular flexibility index (Phi) is 4.99.